The van der Waals surface area contributed by atoms with Crippen LogP contribution < -0.4 is 4.72 Å². The van der Waals surface area contributed by atoms with Gasteiger partial charge in [-0.2, -0.15) is 5.10 Å². The zero-order valence-corrected chi connectivity index (χ0v) is 12.7. The zero-order chi connectivity index (χ0) is 16.3. The lowest BCUT2D eigenvalue weighted by atomic mass is 10.4. The first-order valence-electron chi connectivity index (χ1n) is 6.75. The van der Waals surface area contributed by atoms with Crippen LogP contribution in [0.1, 0.15) is 5.82 Å². The summed E-state index contributed by atoms with van der Waals surface area (Å²) in [6.45, 7) is 0.0590. The molecule has 0 aliphatic rings. The molecular weight excluding hydrogens is 323 g/mol. The van der Waals surface area contributed by atoms with Crippen molar-refractivity contribution in [2.45, 2.75) is 11.3 Å². The van der Waals surface area contributed by atoms with Gasteiger partial charge < -0.3 is 4.42 Å². The molecule has 2 heterocycles. The molecule has 9 heteroatoms. The molecule has 0 amide bonds. The topological polar surface area (TPSA) is 101 Å². The van der Waals surface area contributed by atoms with Crippen LogP contribution in [-0.2, 0) is 16.4 Å². The quantitative estimate of drug-likeness (QED) is 0.714. The standard InChI is InChI=1S/C14H13FN4O3S/c15-10-4-1-2-6-12(10)23(20,21)16-8-7-13-17-14(19-18-13)11-5-3-9-22-11/h1-6,9,16H,7-8H2,(H,17,18,19). The number of furan rings is 1. The van der Waals surface area contributed by atoms with Gasteiger partial charge in [-0.05, 0) is 24.3 Å². The fourth-order valence-corrected chi connectivity index (χ4v) is 3.08. The molecule has 120 valence electrons. The molecular formula is C14H13FN4O3S. The maximum atomic E-state index is 13.5. The van der Waals surface area contributed by atoms with Crippen molar-refractivity contribution in [1.29, 1.82) is 0 Å². The second-order valence-electron chi connectivity index (χ2n) is 4.66. The van der Waals surface area contributed by atoms with E-state index in [-0.39, 0.29) is 17.9 Å². The van der Waals surface area contributed by atoms with Gasteiger partial charge >= 0.3 is 0 Å². The van der Waals surface area contributed by atoms with Gasteiger partial charge in [-0.3, -0.25) is 5.10 Å². The van der Waals surface area contributed by atoms with Gasteiger partial charge in [0, 0.05) is 13.0 Å². The summed E-state index contributed by atoms with van der Waals surface area (Å²) in [6.07, 6.45) is 1.79. The van der Waals surface area contributed by atoms with Crippen molar-refractivity contribution in [3.05, 3.63) is 54.3 Å². The lowest BCUT2D eigenvalue weighted by molar-refractivity contribution is 0.556. The monoisotopic (exact) mass is 336 g/mol. The highest BCUT2D eigenvalue weighted by atomic mass is 32.2. The lowest BCUT2D eigenvalue weighted by Gasteiger charge is -2.06. The van der Waals surface area contributed by atoms with Crippen molar-refractivity contribution in [1.82, 2.24) is 19.9 Å². The molecule has 1 aromatic carbocycles. The zero-order valence-electron chi connectivity index (χ0n) is 11.9. The Morgan fingerprint density at radius 1 is 1.22 bits per heavy atom. The number of aromatic nitrogens is 3. The van der Waals surface area contributed by atoms with Gasteiger partial charge in [0.25, 0.3) is 0 Å². The molecule has 0 aliphatic heterocycles. The smallest absolute Gasteiger partial charge is 0.243 e. The number of hydrogen-bond donors (Lipinski definition) is 2. The predicted octanol–water partition coefficient (Wildman–Crippen LogP) is 1.72. The van der Waals surface area contributed by atoms with Gasteiger partial charge in [0.2, 0.25) is 15.8 Å². The van der Waals surface area contributed by atoms with Crippen molar-refractivity contribution in [2.75, 3.05) is 6.54 Å². The highest BCUT2D eigenvalue weighted by molar-refractivity contribution is 7.89. The van der Waals surface area contributed by atoms with Crippen molar-refractivity contribution >= 4 is 10.0 Å². The summed E-state index contributed by atoms with van der Waals surface area (Å²) in [7, 11) is -3.90. The van der Waals surface area contributed by atoms with E-state index in [1.807, 2.05) is 0 Å². The van der Waals surface area contributed by atoms with E-state index in [9.17, 15) is 12.8 Å². The molecule has 0 saturated heterocycles. The number of rotatable bonds is 6. The predicted molar refractivity (Wildman–Crippen MR) is 79.4 cm³/mol. The molecule has 7 nitrogen and oxygen atoms in total. The van der Waals surface area contributed by atoms with E-state index in [1.54, 1.807) is 12.1 Å². The number of aromatic amines is 1. The molecule has 3 rings (SSSR count). The van der Waals surface area contributed by atoms with Crippen LogP contribution in [0.3, 0.4) is 0 Å². The minimum atomic E-state index is -3.90. The van der Waals surface area contributed by atoms with E-state index in [0.717, 1.165) is 6.07 Å². The Balaban J connectivity index is 1.62. The summed E-state index contributed by atoms with van der Waals surface area (Å²) < 4.78 is 45.1. The SMILES string of the molecule is O=S(=O)(NCCc1nc(-c2ccco2)n[nH]1)c1ccccc1F. The first kappa shape index (κ1) is 15.4. The number of benzene rings is 1. The van der Waals surface area contributed by atoms with Crippen LogP contribution in [0.25, 0.3) is 11.6 Å². The van der Waals surface area contributed by atoms with Crippen LogP contribution >= 0.6 is 0 Å². The Labute approximate surface area is 131 Å². The highest BCUT2D eigenvalue weighted by Crippen LogP contribution is 2.15. The summed E-state index contributed by atoms with van der Waals surface area (Å²) in [5.41, 5.74) is 0. The van der Waals surface area contributed by atoms with Gasteiger partial charge in [-0.15, -0.1) is 0 Å². The molecule has 2 aromatic heterocycles. The first-order valence-corrected chi connectivity index (χ1v) is 8.24. The van der Waals surface area contributed by atoms with Crippen LogP contribution in [0.5, 0.6) is 0 Å². The highest BCUT2D eigenvalue weighted by Gasteiger charge is 2.18. The van der Waals surface area contributed by atoms with Crippen molar-refractivity contribution < 1.29 is 17.2 Å². The fourth-order valence-electron chi connectivity index (χ4n) is 1.97. The van der Waals surface area contributed by atoms with Gasteiger partial charge in [0.1, 0.15) is 16.5 Å². The minimum Gasteiger partial charge on any atom is -0.461 e. The molecule has 0 fully saturated rings. The Bertz CT molecular complexity index is 890. The minimum absolute atomic E-state index is 0.0590. The number of halogens is 1. The Morgan fingerprint density at radius 2 is 2.04 bits per heavy atom. The molecule has 0 saturated carbocycles. The third-order valence-corrected chi connectivity index (χ3v) is 4.55. The molecule has 0 spiro atoms. The third kappa shape index (κ3) is 3.46. The molecule has 0 atom stereocenters. The molecule has 0 unspecified atom stereocenters. The molecule has 2 N–H and O–H groups in total. The van der Waals surface area contributed by atoms with E-state index >= 15 is 0 Å². The van der Waals surface area contributed by atoms with Crippen LogP contribution in [0.4, 0.5) is 4.39 Å². The molecule has 0 radical (unpaired) electrons. The van der Waals surface area contributed by atoms with Gasteiger partial charge in [0.05, 0.1) is 6.26 Å². The van der Waals surface area contributed by atoms with Crippen molar-refractivity contribution in [2.24, 2.45) is 0 Å². The molecule has 23 heavy (non-hydrogen) atoms. The van der Waals surface area contributed by atoms with Crippen LogP contribution in [0, 0.1) is 5.82 Å². The molecule has 0 bridgehead atoms. The average Bonchev–Trinajstić information content (AvgIpc) is 3.18. The Morgan fingerprint density at radius 3 is 2.78 bits per heavy atom. The van der Waals surface area contributed by atoms with E-state index < -0.39 is 15.8 Å². The fraction of sp³-hybridized carbons (Fsp3) is 0.143. The van der Waals surface area contributed by atoms with Crippen LogP contribution in [-0.4, -0.2) is 30.1 Å². The number of nitrogens with one attached hydrogen (secondary N) is 2. The van der Waals surface area contributed by atoms with Crippen LogP contribution in [0.2, 0.25) is 0 Å². The van der Waals surface area contributed by atoms with Crippen molar-refractivity contribution in [3.63, 3.8) is 0 Å². The second kappa shape index (κ2) is 6.31. The summed E-state index contributed by atoms with van der Waals surface area (Å²) in [4.78, 5) is 3.81. The number of nitrogens with zero attached hydrogens (tertiary/aromatic N) is 2. The van der Waals surface area contributed by atoms with Crippen LogP contribution in [0.15, 0.2) is 52.0 Å². The largest absolute Gasteiger partial charge is 0.461 e. The van der Waals surface area contributed by atoms with E-state index in [0.29, 0.717) is 17.4 Å². The normalized spacial score (nSPS) is 11.7. The van der Waals surface area contributed by atoms with E-state index in [2.05, 4.69) is 19.9 Å². The number of sulfonamides is 1. The molecule has 0 aliphatic carbocycles. The number of hydrogen-bond acceptors (Lipinski definition) is 5. The lowest BCUT2D eigenvalue weighted by Crippen LogP contribution is -2.27. The summed E-state index contributed by atoms with van der Waals surface area (Å²) >= 11 is 0. The first-order chi connectivity index (χ1) is 11.1. The summed E-state index contributed by atoms with van der Waals surface area (Å²) in [6, 6.07) is 8.63. The van der Waals surface area contributed by atoms with Gasteiger partial charge in [0.15, 0.2) is 5.76 Å². The maximum absolute atomic E-state index is 13.5. The molecule has 3 aromatic rings. The Hall–Kier alpha value is -2.52. The maximum Gasteiger partial charge on any atom is 0.243 e. The van der Waals surface area contributed by atoms with E-state index in [1.165, 1.54) is 24.5 Å². The second-order valence-corrected chi connectivity index (χ2v) is 6.40. The van der Waals surface area contributed by atoms with Gasteiger partial charge in [-0.25, -0.2) is 22.5 Å². The summed E-state index contributed by atoms with van der Waals surface area (Å²) in [5.74, 6) is 0.605. The average molecular weight is 336 g/mol. The number of H-pyrrole nitrogens is 1. The Kier molecular flexibility index (Phi) is 4.22. The third-order valence-electron chi connectivity index (χ3n) is 3.05. The van der Waals surface area contributed by atoms with Crippen molar-refractivity contribution in [3.8, 4) is 11.6 Å². The summed E-state index contributed by atoms with van der Waals surface area (Å²) in [5, 5.41) is 6.68. The van der Waals surface area contributed by atoms with Gasteiger partial charge in [-0.1, -0.05) is 12.1 Å². The van der Waals surface area contributed by atoms with E-state index in [4.69, 9.17) is 4.42 Å².